The summed E-state index contributed by atoms with van der Waals surface area (Å²) in [6.45, 7) is 2.44. The van der Waals surface area contributed by atoms with Crippen molar-refractivity contribution in [2.75, 3.05) is 24.7 Å². The number of aliphatic hydroxyl groups is 1. The van der Waals surface area contributed by atoms with Crippen LogP contribution in [0.25, 0.3) is 0 Å². The molecule has 2 heterocycles. The van der Waals surface area contributed by atoms with Crippen LogP contribution in [-0.4, -0.2) is 31.2 Å². The summed E-state index contributed by atoms with van der Waals surface area (Å²) >= 11 is 5.97. The Kier molecular flexibility index (Phi) is 4.22. The molecule has 1 fully saturated rings. The summed E-state index contributed by atoms with van der Waals surface area (Å²) in [6.07, 6.45) is 0.111. The molecule has 0 bridgehead atoms. The SMILES string of the molecule is OC1(CC2OCCO2)CN(Cc2ccc(Cl)cc2)c2ccccc21. The van der Waals surface area contributed by atoms with Crippen LogP contribution in [0.15, 0.2) is 48.5 Å². The van der Waals surface area contributed by atoms with Gasteiger partial charge in [-0.15, -0.1) is 0 Å². The molecule has 4 rings (SSSR count). The molecule has 4 nitrogen and oxygen atoms in total. The molecule has 0 amide bonds. The third kappa shape index (κ3) is 3.03. The molecule has 0 aliphatic carbocycles. The Labute approximate surface area is 146 Å². The number of hydrogen-bond donors (Lipinski definition) is 1. The van der Waals surface area contributed by atoms with E-state index in [1.165, 1.54) is 0 Å². The Bertz CT molecular complexity index is 715. The Morgan fingerprint density at radius 1 is 1.08 bits per heavy atom. The smallest absolute Gasteiger partial charge is 0.160 e. The van der Waals surface area contributed by atoms with Crippen molar-refractivity contribution in [3.8, 4) is 0 Å². The summed E-state index contributed by atoms with van der Waals surface area (Å²) in [5, 5.41) is 12.0. The van der Waals surface area contributed by atoms with Crippen molar-refractivity contribution in [3.63, 3.8) is 0 Å². The normalized spacial score (nSPS) is 23.7. The van der Waals surface area contributed by atoms with E-state index >= 15 is 0 Å². The van der Waals surface area contributed by atoms with Gasteiger partial charge in [-0.1, -0.05) is 41.9 Å². The Balaban J connectivity index is 1.59. The van der Waals surface area contributed by atoms with E-state index < -0.39 is 5.60 Å². The molecule has 0 radical (unpaired) electrons. The second kappa shape index (κ2) is 6.37. The van der Waals surface area contributed by atoms with Crippen LogP contribution >= 0.6 is 11.6 Å². The van der Waals surface area contributed by atoms with E-state index in [0.29, 0.717) is 26.2 Å². The number of rotatable bonds is 4. The maximum atomic E-state index is 11.3. The molecule has 126 valence electrons. The Morgan fingerprint density at radius 2 is 1.79 bits per heavy atom. The first-order chi connectivity index (χ1) is 11.6. The van der Waals surface area contributed by atoms with Crippen LogP contribution in [-0.2, 0) is 21.6 Å². The average Bonchev–Trinajstić information content (AvgIpc) is 3.18. The van der Waals surface area contributed by atoms with Gasteiger partial charge in [0, 0.05) is 29.2 Å². The zero-order valence-corrected chi connectivity index (χ0v) is 14.1. The number of halogens is 1. The number of β-amino-alcohol motifs (C(OH)–C–C–N with tert-alkyl or cyclic N) is 1. The third-order valence-corrected chi connectivity index (χ3v) is 4.93. The molecule has 5 heteroatoms. The topological polar surface area (TPSA) is 41.9 Å². The number of benzene rings is 2. The first-order valence-electron chi connectivity index (χ1n) is 8.19. The van der Waals surface area contributed by atoms with E-state index in [4.69, 9.17) is 21.1 Å². The van der Waals surface area contributed by atoms with Crippen LogP contribution in [0.3, 0.4) is 0 Å². The van der Waals surface area contributed by atoms with Gasteiger partial charge in [0.15, 0.2) is 6.29 Å². The van der Waals surface area contributed by atoms with E-state index in [-0.39, 0.29) is 6.29 Å². The van der Waals surface area contributed by atoms with Gasteiger partial charge in [0.05, 0.1) is 19.8 Å². The molecule has 1 N–H and O–H groups in total. The molecule has 0 spiro atoms. The van der Waals surface area contributed by atoms with Crippen LogP contribution in [0.1, 0.15) is 17.5 Å². The fourth-order valence-electron chi connectivity index (χ4n) is 3.56. The molecule has 24 heavy (non-hydrogen) atoms. The summed E-state index contributed by atoms with van der Waals surface area (Å²) in [5.41, 5.74) is 2.20. The third-order valence-electron chi connectivity index (χ3n) is 4.68. The zero-order chi connectivity index (χ0) is 16.6. The number of para-hydroxylation sites is 1. The fraction of sp³-hybridized carbons (Fsp3) is 0.368. The van der Waals surface area contributed by atoms with E-state index in [1.54, 1.807) is 0 Å². The van der Waals surface area contributed by atoms with Crippen LogP contribution < -0.4 is 4.90 Å². The molecule has 1 saturated heterocycles. The number of fused-ring (bicyclic) bond motifs is 1. The first-order valence-corrected chi connectivity index (χ1v) is 8.56. The largest absolute Gasteiger partial charge is 0.383 e. The molecular formula is C19H20ClNO3. The van der Waals surface area contributed by atoms with Crippen molar-refractivity contribution >= 4 is 17.3 Å². The molecule has 2 aliphatic heterocycles. The van der Waals surface area contributed by atoms with E-state index in [2.05, 4.69) is 11.0 Å². The van der Waals surface area contributed by atoms with Gasteiger partial charge in [-0.3, -0.25) is 0 Å². The van der Waals surface area contributed by atoms with E-state index in [1.807, 2.05) is 42.5 Å². The number of ether oxygens (including phenoxy) is 2. The Hall–Kier alpha value is -1.59. The molecule has 2 aromatic carbocycles. The minimum absolute atomic E-state index is 0.335. The van der Waals surface area contributed by atoms with E-state index in [9.17, 15) is 5.11 Å². The van der Waals surface area contributed by atoms with Crippen molar-refractivity contribution in [2.24, 2.45) is 0 Å². The highest BCUT2D eigenvalue weighted by Gasteiger charge is 2.43. The highest BCUT2D eigenvalue weighted by atomic mass is 35.5. The molecular weight excluding hydrogens is 326 g/mol. The van der Waals surface area contributed by atoms with Gasteiger partial charge in [0.2, 0.25) is 0 Å². The quantitative estimate of drug-likeness (QED) is 0.923. The predicted molar refractivity (Wildman–Crippen MR) is 93.1 cm³/mol. The molecule has 0 aromatic heterocycles. The maximum absolute atomic E-state index is 11.3. The van der Waals surface area contributed by atoms with Crippen LogP contribution in [0.2, 0.25) is 5.02 Å². The molecule has 1 atom stereocenters. The van der Waals surface area contributed by atoms with Crippen LogP contribution in [0.4, 0.5) is 5.69 Å². The lowest BCUT2D eigenvalue weighted by Crippen LogP contribution is -2.36. The van der Waals surface area contributed by atoms with Crippen LogP contribution in [0.5, 0.6) is 0 Å². The second-order valence-electron chi connectivity index (χ2n) is 6.41. The monoisotopic (exact) mass is 345 g/mol. The summed E-state index contributed by atoms with van der Waals surface area (Å²) in [7, 11) is 0. The van der Waals surface area contributed by atoms with Gasteiger partial charge in [-0.25, -0.2) is 0 Å². The van der Waals surface area contributed by atoms with Crippen molar-refractivity contribution in [1.82, 2.24) is 0 Å². The second-order valence-corrected chi connectivity index (χ2v) is 6.84. The number of anilines is 1. The molecule has 2 aliphatic rings. The van der Waals surface area contributed by atoms with Crippen molar-refractivity contribution in [2.45, 2.75) is 24.9 Å². The summed E-state index contributed by atoms with van der Waals surface area (Å²) in [6, 6.07) is 15.8. The van der Waals surface area contributed by atoms with Crippen molar-refractivity contribution in [1.29, 1.82) is 0 Å². The lowest BCUT2D eigenvalue weighted by Gasteiger charge is -2.27. The lowest BCUT2D eigenvalue weighted by atomic mass is 9.92. The standard InChI is InChI=1S/C19H20ClNO3/c20-15-7-5-14(6-8-15)12-21-13-19(22,11-18-23-9-10-24-18)16-3-1-2-4-17(16)21/h1-8,18,22H,9-13H2. The van der Waals surface area contributed by atoms with Gasteiger partial charge in [-0.05, 0) is 23.8 Å². The van der Waals surface area contributed by atoms with Gasteiger partial charge < -0.3 is 19.5 Å². The van der Waals surface area contributed by atoms with Gasteiger partial charge >= 0.3 is 0 Å². The molecule has 0 saturated carbocycles. The molecule has 2 aromatic rings. The lowest BCUT2D eigenvalue weighted by molar-refractivity contribution is -0.0997. The van der Waals surface area contributed by atoms with Gasteiger partial charge in [0.25, 0.3) is 0 Å². The Morgan fingerprint density at radius 3 is 2.54 bits per heavy atom. The van der Waals surface area contributed by atoms with Crippen molar-refractivity contribution < 1.29 is 14.6 Å². The van der Waals surface area contributed by atoms with Gasteiger partial charge in [-0.2, -0.15) is 0 Å². The average molecular weight is 346 g/mol. The summed E-state index contributed by atoms with van der Waals surface area (Å²) < 4.78 is 11.1. The highest BCUT2D eigenvalue weighted by molar-refractivity contribution is 6.30. The van der Waals surface area contributed by atoms with Gasteiger partial charge in [0.1, 0.15) is 5.60 Å². The maximum Gasteiger partial charge on any atom is 0.160 e. The fourth-order valence-corrected chi connectivity index (χ4v) is 3.68. The first kappa shape index (κ1) is 15.9. The number of nitrogens with zero attached hydrogens (tertiary/aromatic N) is 1. The minimum atomic E-state index is -0.960. The summed E-state index contributed by atoms with van der Waals surface area (Å²) in [4.78, 5) is 2.20. The van der Waals surface area contributed by atoms with Crippen LogP contribution in [0, 0.1) is 0 Å². The zero-order valence-electron chi connectivity index (χ0n) is 13.3. The number of hydrogen-bond acceptors (Lipinski definition) is 4. The van der Waals surface area contributed by atoms with Crippen molar-refractivity contribution in [3.05, 3.63) is 64.7 Å². The van der Waals surface area contributed by atoms with E-state index in [0.717, 1.165) is 28.4 Å². The molecule has 1 unspecified atom stereocenters. The summed E-state index contributed by atoms with van der Waals surface area (Å²) in [5.74, 6) is 0. The highest BCUT2D eigenvalue weighted by Crippen LogP contribution is 2.43. The minimum Gasteiger partial charge on any atom is -0.383 e. The predicted octanol–water partition coefficient (Wildman–Crippen LogP) is 3.31.